The van der Waals surface area contributed by atoms with Gasteiger partial charge in [0.05, 0.1) is 12.2 Å². The summed E-state index contributed by atoms with van der Waals surface area (Å²) in [6.45, 7) is 10.6. The second kappa shape index (κ2) is 11.2. The number of aliphatic imine (C=N–C) groups is 1. The van der Waals surface area contributed by atoms with Crippen LogP contribution < -0.4 is 10.6 Å². The SMILES string of the molecule is CCNC(=NCc1nc(C(C)C)cs1)NCC(C)CO.I. The summed E-state index contributed by atoms with van der Waals surface area (Å²) >= 11 is 1.65. The van der Waals surface area contributed by atoms with E-state index >= 15 is 0 Å². The summed E-state index contributed by atoms with van der Waals surface area (Å²) in [6, 6.07) is 0. The van der Waals surface area contributed by atoms with Gasteiger partial charge in [0, 0.05) is 25.1 Å². The van der Waals surface area contributed by atoms with Crippen molar-refractivity contribution in [1.82, 2.24) is 15.6 Å². The lowest BCUT2D eigenvalue weighted by molar-refractivity contribution is 0.238. The third-order valence-corrected chi connectivity index (χ3v) is 3.66. The molecule has 0 saturated carbocycles. The van der Waals surface area contributed by atoms with E-state index in [1.807, 2.05) is 13.8 Å². The number of rotatable bonds is 7. The van der Waals surface area contributed by atoms with E-state index in [1.165, 1.54) is 0 Å². The Morgan fingerprint density at radius 1 is 1.38 bits per heavy atom. The van der Waals surface area contributed by atoms with Gasteiger partial charge in [-0.2, -0.15) is 0 Å². The summed E-state index contributed by atoms with van der Waals surface area (Å²) in [6.07, 6.45) is 0. The fourth-order valence-electron chi connectivity index (χ4n) is 1.49. The van der Waals surface area contributed by atoms with Gasteiger partial charge in [-0.15, -0.1) is 35.3 Å². The third-order valence-electron chi connectivity index (χ3n) is 2.81. The number of aliphatic hydroxyl groups is 1. The number of hydrogen-bond acceptors (Lipinski definition) is 4. The van der Waals surface area contributed by atoms with Crippen LogP contribution in [0.5, 0.6) is 0 Å². The summed E-state index contributed by atoms with van der Waals surface area (Å²) in [5.41, 5.74) is 1.13. The molecule has 1 aromatic rings. The van der Waals surface area contributed by atoms with Gasteiger partial charge in [0.15, 0.2) is 5.96 Å². The zero-order chi connectivity index (χ0) is 15.0. The normalized spacial score (nSPS) is 13.0. The Labute approximate surface area is 148 Å². The minimum absolute atomic E-state index is 0. The number of nitrogens with one attached hydrogen (secondary N) is 2. The Morgan fingerprint density at radius 3 is 2.62 bits per heavy atom. The van der Waals surface area contributed by atoms with Crippen molar-refractivity contribution in [3.63, 3.8) is 0 Å². The predicted octanol–water partition coefficient (Wildman–Crippen LogP) is 2.57. The molecular formula is C14H27IN4OS. The van der Waals surface area contributed by atoms with Crippen LogP contribution in [0.2, 0.25) is 0 Å². The molecule has 1 rings (SSSR count). The molecule has 0 bridgehead atoms. The van der Waals surface area contributed by atoms with Gasteiger partial charge < -0.3 is 15.7 Å². The molecule has 0 aliphatic heterocycles. The largest absolute Gasteiger partial charge is 0.396 e. The highest BCUT2D eigenvalue weighted by molar-refractivity contribution is 14.0. The van der Waals surface area contributed by atoms with Crippen LogP contribution in [0.25, 0.3) is 0 Å². The maximum Gasteiger partial charge on any atom is 0.191 e. The molecule has 0 radical (unpaired) electrons. The Morgan fingerprint density at radius 2 is 2.10 bits per heavy atom. The molecule has 21 heavy (non-hydrogen) atoms. The minimum atomic E-state index is 0. The van der Waals surface area contributed by atoms with E-state index < -0.39 is 0 Å². The average molecular weight is 426 g/mol. The first-order chi connectivity index (χ1) is 9.56. The second-order valence-electron chi connectivity index (χ2n) is 5.18. The molecule has 1 unspecified atom stereocenters. The van der Waals surface area contributed by atoms with Crippen molar-refractivity contribution in [2.75, 3.05) is 19.7 Å². The number of aromatic nitrogens is 1. The van der Waals surface area contributed by atoms with Crippen molar-refractivity contribution in [1.29, 1.82) is 0 Å². The van der Waals surface area contributed by atoms with Crippen molar-refractivity contribution in [2.24, 2.45) is 10.9 Å². The second-order valence-corrected chi connectivity index (χ2v) is 6.13. The molecule has 1 aromatic heterocycles. The average Bonchev–Trinajstić information content (AvgIpc) is 2.90. The van der Waals surface area contributed by atoms with Crippen LogP contribution in [0.1, 0.15) is 44.3 Å². The number of nitrogens with zero attached hydrogens (tertiary/aromatic N) is 2. The Bertz CT molecular complexity index is 423. The Kier molecular flexibility index (Phi) is 11.0. The zero-order valence-electron chi connectivity index (χ0n) is 13.2. The first-order valence-corrected chi connectivity index (χ1v) is 8.02. The van der Waals surface area contributed by atoms with Gasteiger partial charge >= 0.3 is 0 Å². The van der Waals surface area contributed by atoms with E-state index in [4.69, 9.17) is 5.11 Å². The summed E-state index contributed by atoms with van der Waals surface area (Å²) < 4.78 is 0. The first kappa shape index (κ1) is 20.6. The number of halogens is 1. The Hall–Kier alpha value is -0.410. The molecule has 0 amide bonds. The molecule has 1 atom stereocenters. The lowest BCUT2D eigenvalue weighted by atomic mass is 10.2. The maximum absolute atomic E-state index is 9.03. The van der Waals surface area contributed by atoms with Crippen LogP contribution in [0.15, 0.2) is 10.4 Å². The zero-order valence-corrected chi connectivity index (χ0v) is 16.4. The van der Waals surface area contributed by atoms with Crippen molar-refractivity contribution in [3.8, 4) is 0 Å². The van der Waals surface area contributed by atoms with Crippen molar-refractivity contribution >= 4 is 41.3 Å². The topological polar surface area (TPSA) is 69.5 Å². The number of hydrogen-bond donors (Lipinski definition) is 3. The van der Waals surface area contributed by atoms with E-state index in [0.717, 1.165) is 23.2 Å². The summed E-state index contributed by atoms with van der Waals surface area (Å²) in [7, 11) is 0. The van der Waals surface area contributed by atoms with Gasteiger partial charge in [-0.1, -0.05) is 20.8 Å². The molecule has 122 valence electrons. The lowest BCUT2D eigenvalue weighted by Gasteiger charge is -2.13. The van der Waals surface area contributed by atoms with Crippen LogP contribution >= 0.6 is 35.3 Å². The third kappa shape index (κ3) is 7.96. The highest BCUT2D eigenvalue weighted by atomic mass is 127. The van der Waals surface area contributed by atoms with Gasteiger partial charge in [-0.05, 0) is 18.8 Å². The van der Waals surface area contributed by atoms with Crippen LogP contribution in [-0.2, 0) is 6.54 Å². The molecule has 0 aliphatic carbocycles. The smallest absolute Gasteiger partial charge is 0.191 e. The number of thiazole rings is 1. The van der Waals surface area contributed by atoms with E-state index in [9.17, 15) is 0 Å². The molecule has 7 heteroatoms. The van der Waals surface area contributed by atoms with Crippen molar-refractivity contribution in [2.45, 2.75) is 40.2 Å². The maximum atomic E-state index is 9.03. The molecular weight excluding hydrogens is 399 g/mol. The predicted molar refractivity (Wildman–Crippen MR) is 101 cm³/mol. The van der Waals surface area contributed by atoms with Gasteiger partial charge in [0.1, 0.15) is 5.01 Å². The van der Waals surface area contributed by atoms with Crippen LogP contribution in [0.4, 0.5) is 0 Å². The minimum Gasteiger partial charge on any atom is -0.396 e. The monoisotopic (exact) mass is 426 g/mol. The fourth-order valence-corrected chi connectivity index (χ4v) is 2.37. The summed E-state index contributed by atoms with van der Waals surface area (Å²) in [5, 5.41) is 18.6. The summed E-state index contributed by atoms with van der Waals surface area (Å²) in [4.78, 5) is 9.09. The van der Waals surface area contributed by atoms with Crippen LogP contribution in [0, 0.1) is 5.92 Å². The molecule has 0 saturated heterocycles. The van der Waals surface area contributed by atoms with E-state index in [0.29, 0.717) is 19.0 Å². The molecule has 0 fully saturated rings. The standard InChI is InChI=1S/C14H26N4OS.HI/c1-5-15-14(16-6-11(4)8-19)17-7-13-18-12(9-20-13)10(2)3;/h9-11,19H,5-8H2,1-4H3,(H2,15,16,17);1H. The first-order valence-electron chi connectivity index (χ1n) is 7.14. The van der Waals surface area contributed by atoms with Crippen LogP contribution in [0.3, 0.4) is 0 Å². The Balaban J connectivity index is 0.00000400. The molecule has 0 aliphatic rings. The van der Waals surface area contributed by atoms with Crippen LogP contribution in [-0.4, -0.2) is 35.7 Å². The quantitative estimate of drug-likeness (QED) is 0.356. The highest BCUT2D eigenvalue weighted by Crippen LogP contribution is 2.18. The van der Waals surface area contributed by atoms with Gasteiger partial charge in [-0.3, -0.25) is 0 Å². The van der Waals surface area contributed by atoms with E-state index in [2.05, 4.69) is 39.8 Å². The fraction of sp³-hybridized carbons (Fsp3) is 0.714. The van der Waals surface area contributed by atoms with Gasteiger partial charge in [-0.25, -0.2) is 9.98 Å². The molecule has 0 spiro atoms. The number of guanidine groups is 1. The molecule has 0 aromatic carbocycles. The number of aliphatic hydroxyl groups excluding tert-OH is 1. The highest BCUT2D eigenvalue weighted by Gasteiger charge is 2.06. The van der Waals surface area contributed by atoms with E-state index in [1.54, 1.807) is 11.3 Å². The van der Waals surface area contributed by atoms with E-state index in [-0.39, 0.29) is 36.5 Å². The lowest BCUT2D eigenvalue weighted by Crippen LogP contribution is -2.39. The van der Waals surface area contributed by atoms with Gasteiger partial charge in [0.2, 0.25) is 0 Å². The molecule has 5 nitrogen and oxygen atoms in total. The van der Waals surface area contributed by atoms with Gasteiger partial charge in [0.25, 0.3) is 0 Å². The van der Waals surface area contributed by atoms with Crippen molar-refractivity contribution in [3.05, 3.63) is 16.1 Å². The summed E-state index contributed by atoms with van der Waals surface area (Å²) in [5.74, 6) is 1.45. The van der Waals surface area contributed by atoms with Crippen molar-refractivity contribution < 1.29 is 5.11 Å². The molecule has 1 heterocycles. The molecule has 3 N–H and O–H groups in total.